The van der Waals surface area contributed by atoms with Crippen molar-refractivity contribution in [2.75, 3.05) is 28.4 Å². The summed E-state index contributed by atoms with van der Waals surface area (Å²) in [4.78, 5) is 23.0. The first-order chi connectivity index (χ1) is 14.3. The SMILES string of the molecule is COc1ccc(/C=C(\C(=O)O)c2cc(/C=C/C(=O)O)cc(OC)c2OC)cc1OC. The molecule has 0 saturated heterocycles. The number of aliphatic carboxylic acids is 2. The van der Waals surface area contributed by atoms with Gasteiger partial charge in [-0.25, -0.2) is 9.59 Å². The second-order valence-electron chi connectivity index (χ2n) is 5.95. The Hall–Kier alpha value is -3.94. The lowest BCUT2D eigenvalue weighted by Gasteiger charge is -2.15. The van der Waals surface area contributed by atoms with Crippen molar-refractivity contribution in [2.45, 2.75) is 0 Å². The molecule has 0 aliphatic rings. The fraction of sp³-hybridized carbons (Fsp3) is 0.182. The largest absolute Gasteiger partial charge is 0.493 e. The first-order valence-corrected chi connectivity index (χ1v) is 8.69. The highest BCUT2D eigenvalue weighted by Crippen LogP contribution is 2.38. The van der Waals surface area contributed by atoms with Gasteiger partial charge in [0.1, 0.15) is 0 Å². The molecule has 0 fully saturated rings. The molecule has 2 rings (SSSR count). The summed E-state index contributed by atoms with van der Waals surface area (Å²) in [6.45, 7) is 0. The van der Waals surface area contributed by atoms with E-state index in [2.05, 4.69) is 0 Å². The second kappa shape index (κ2) is 10.0. The van der Waals surface area contributed by atoms with E-state index in [9.17, 15) is 14.7 Å². The molecule has 30 heavy (non-hydrogen) atoms. The second-order valence-corrected chi connectivity index (χ2v) is 5.95. The molecular weight excluding hydrogens is 392 g/mol. The summed E-state index contributed by atoms with van der Waals surface area (Å²) in [6, 6.07) is 8.05. The van der Waals surface area contributed by atoms with Gasteiger partial charge in [-0.1, -0.05) is 6.07 Å². The van der Waals surface area contributed by atoms with Crippen LogP contribution in [-0.2, 0) is 9.59 Å². The minimum absolute atomic E-state index is 0.0806. The van der Waals surface area contributed by atoms with Gasteiger partial charge < -0.3 is 29.2 Å². The van der Waals surface area contributed by atoms with Gasteiger partial charge in [-0.05, 0) is 47.5 Å². The Bertz CT molecular complexity index is 1000. The Morgan fingerprint density at radius 3 is 1.97 bits per heavy atom. The van der Waals surface area contributed by atoms with Gasteiger partial charge >= 0.3 is 11.9 Å². The molecule has 0 amide bonds. The van der Waals surface area contributed by atoms with E-state index >= 15 is 0 Å². The number of ether oxygens (including phenoxy) is 4. The highest BCUT2D eigenvalue weighted by molar-refractivity contribution is 6.21. The van der Waals surface area contributed by atoms with Gasteiger partial charge in [-0.15, -0.1) is 0 Å². The predicted molar refractivity (Wildman–Crippen MR) is 111 cm³/mol. The maximum Gasteiger partial charge on any atom is 0.336 e. The van der Waals surface area contributed by atoms with Gasteiger partial charge in [0.05, 0.1) is 34.0 Å². The van der Waals surface area contributed by atoms with E-state index in [1.54, 1.807) is 24.3 Å². The minimum Gasteiger partial charge on any atom is -0.493 e. The zero-order chi connectivity index (χ0) is 22.3. The van der Waals surface area contributed by atoms with Crippen molar-refractivity contribution in [1.29, 1.82) is 0 Å². The lowest BCUT2D eigenvalue weighted by molar-refractivity contribution is -0.131. The molecule has 0 aliphatic heterocycles. The van der Waals surface area contributed by atoms with Crippen molar-refractivity contribution in [3.8, 4) is 23.0 Å². The normalized spacial score (nSPS) is 11.3. The average molecular weight is 414 g/mol. The third-order valence-electron chi connectivity index (χ3n) is 4.16. The van der Waals surface area contributed by atoms with Crippen LogP contribution in [-0.4, -0.2) is 50.6 Å². The summed E-state index contributed by atoms with van der Waals surface area (Å²) >= 11 is 0. The Balaban J connectivity index is 2.71. The summed E-state index contributed by atoms with van der Waals surface area (Å²) in [5, 5.41) is 18.8. The fourth-order valence-electron chi connectivity index (χ4n) is 2.81. The smallest absolute Gasteiger partial charge is 0.336 e. The molecule has 0 atom stereocenters. The third kappa shape index (κ3) is 5.11. The van der Waals surface area contributed by atoms with E-state index < -0.39 is 11.9 Å². The minimum atomic E-state index is -1.20. The topological polar surface area (TPSA) is 112 Å². The van der Waals surface area contributed by atoms with Crippen LogP contribution in [0.5, 0.6) is 23.0 Å². The van der Waals surface area contributed by atoms with Gasteiger partial charge in [-0.3, -0.25) is 0 Å². The summed E-state index contributed by atoms with van der Waals surface area (Å²) in [5.74, 6) is -0.918. The molecule has 8 heteroatoms. The predicted octanol–water partition coefficient (Wildman–Crippen LogP) is 3.44. The molecule has 0 bridgehead atoms. The van der Waals surface area contributed by atoms with Crippen LogP contribution in [0.2, 0.25) is 0 Å². The molecule has 2 aromatic rings. The van der Waals surface area contributed by atoms with Crippen molar-refractivity contribution < 1.29 is 38.7 Å². The van der Waals surface area contributed by atoms with Gasteiger partial charge in [0.2, 0.25) is 0 Å². The van der Waals surface area contributed by atoms with E-state index in [0.717, 1.165) is 6.08 Å². The summed E-state index contributed by atoms with van der Waals surface area (Å²) in [6.07, 6.45) is 3.74. The highest BCUT2D eigenvalue weighted by atomic mass is 16.5. The Morgan fingerprint density at radius 2 is 1.43 bits per heavy atom. The Labute approximate surface area is 173 Å². The monoisotopic (exact) mass is 414 g/mol. The molecular formula is C22H22O8. The Kier molecular flexibility index (Phi) is 7.46. The van der Waals surface area contributed by atoms with E-state index in [1.807, 2.05) is 0 Å². The molecule has 0 aliphatic carbocycles. The quantitative estimate of drug-likeness (QED) is 0.474. The number of carboxylic acid groups (broad SMARTS) is 2. The molecule has 158 valence electrons. The van der Waals surface area contributed by atoms with Crippen molar-refractivity contribution in [1.82, 2.24) is 0 Å². The van der Waals surface area contributed by atoms with Crippen molar-refractivity contribution in [3.05, 3.63) is 53.1 Å². The van der Waals surface area contributed by atoms with Crippen molar-refractivity contribution in [3.63, 3.8) is 0 Å². The number of hydrogen-bond donors (Lipinski definition) is 2. The van der Waals surface area contributed by atoms with E-state index in [1.165, 1.54) is 46.7 Å². The molecule has 0 radical (unpaired) electrons. The average Bonchev–Trinajstić information content (AvgIpc) is 2.74. The number of carbonyl (C=O) groups is 2. The molecule has 0 saturated carbocycles. The number of carboxylic acids is 2. The zero-order valence-electron chi connectivity index (χ0n) is 17.0. The van der Waals surface area contributed by atoms with Crippen LogP contribution in [0.25, 0.3) is 17.7 Å². The molecule has 0 unspecified atom stereocenters. The first kappa shape index (κ1) is 22.4. The lowest BCUT2D eigenvalue weighted by atomic mass is 9.98. The zero-order valence-corrected chi connectivity index (χ0v) is 17.0. The van der Waals surface area contributed by atoms with Gasteiger partial charge in [0.25, 0.3) is 0 Å². The summed E-state index contributed by atoms with van der Waals surface area (Å²) in [7, 11) is 5.79. The molecule has 0 heterocycles. The van der Waals surface area contributed by atoms with Crippen LogP contribution in [0, 0.1) is 0 Å². The van der Waals surface area contributed by atoms with Crippen molar-refractivity contribution >= 4 is 29.7 Å². The molecule has 0 aromatic heterocycles. The maximum atomic E-state index is 12.1. The number of methoxy groups -OCH3 is 4. The molecule has 0 spiro atoms. The standard InChI is InChI=1S/C22H22O8/c1-27-17-7-5-13(11-18(17)28-2)10-16(22(25)26)15-9-14(6-8-20(23)24)12-19(29-3)21(15)30-4/h5-12H,1-4H3,(H,23,24)(H,25,26)/b8-6+,16-10-. The highest BCUT2D eigenvalue weighted by Gasteiger charge is 2.20. The van der Waals surface area contributed by atoms with Gasteiger partial charge in [0.15, 0.2) is 23.0 Å². The van der Waals surface area contributed by atoms with Crippen LogP contribution in [0.4, 0.5) is 0 Å². The van der Waals surface area contributed by atoms with E-state index in [4.69, 9.17) is 24.1 Å². The van der Waals surface area contributed by atoms with Crippen LogP contribution < -0.4 is 18.9 Å². The maximum absolute atomic E-state index is 12.1. The van der Waals surface area contributed by atoms with E-state index in [0.29, 0.717) is 22.6 Å². The van der Waals surface area contributed by atoms with Crippen molar-refractivity contribution in [2.24, 2.45) is 0 Å². The van der Waals surface area contributed by atoms with Gasteiger partial charge in [0, 0.05) is 11.6 Å². The van der Waals surface area contributed by atoms with Crippen LogP contribution in [0.1, 0.15) is 16.7 Å². The molecule has 2 N–H and O–H groups in total. The van der Waals surface area contributed by atoms with Crippen LogP contribution >= 0.6 is 0 Å². The molecule has 8 nitrogen and oxygen atoms in total. The summed E-state index contributed by atoms with van der Waals surface area (Å²) in [5.41, 5.74) is 1.13. The van der Waals surface area contributed by atoms with Gasteiger partial charge in [-0.2, -0.15) is 0 Å². The lowest BCUT2D eigenvalue weighted by Crippen LogP contribution is -2.04. The van der Waals surface area contributed by atoms with Crippen LogP contribution in [0.15, 0.2) is 36.4 Å². The Morgan fingerprint density at radius 1 is 0.800 bits per heavy atom. The third-order valence-corrected chi connectivity index (χ3v) is 4.16. The van der Waals surface area contributed by atoms with E-state index in [-0.39, 0.29) is 22.6 Å². The first-order valence-electron chi connectivity index (χ1n) is 8.69. The number of rotatable bonds is 9. The molecule has 2 aromatic carbocycles. The fourth-order valence-corrected chi connectivity index (χ4v) is 2.81. The van der Waals surface area contributed by atoms with Crippen LogP contribution in [0.3, 0.4) is 0 Å². The number of hydrogen-bond acceptors (Lipinski definition) is 6. The number of benzene rings is 2. The summed E-state index contributed by atoms with van der Waals surface area (Å²) < 4.78 is 21.2.